The van der Waals surface area contributed by atoms with Crippen molar-refractivity contribution in [2.75, 3.05) is 5.32 Å². The second-order valence-corrected chi connectivity index (χ2v) is 5.85. The average Bonchev–Trinajstić information content (AvgIpc) is 2.55. The minimum atomic E-state index is -0.654. The highest BCUT2D eigenvalue weighted by Gasteiger charge is 2.21. The molecule has 0 spiro atoms. The van der Waals surface area contributed by atoms with E-state index in [9.17, 15) is 9.59 Å². The molecule has 4 N–H and O–H groups in total. The van der Waals surface area contributed by atoms with Gasteiger partial charge in [-0.2, -0.15) is 0 Å². The van der Waals surface area contributed by atoms with Gasteiger partial charge in [0.1, 0.15) is 6.04 Å². The Hall–Kier alpha value is -2.37. The molecule has 6 heteroatoms. The number of halogens is 1. The standard InChI is InChI=1S/C19H23N3O2.ClH/c1-14(20)12-18(23)22-17(13-15-8-4-2-5-9-15)19(24)21-16-10-6-3-7-11-16;/h2-11,14,17H,12-13,20H2,1H3,(H,21,24)(H,22,23);1H. The monoisotopic (exact) mass is 361 g/mol. The zero-order valence-corrected chi connectivity index (χ0v) is 15.0. The van der Waals surface area contributed by atoms with Crippen LogP contribution in [0.1, 0.15) is 18.9 Å². The molecule has 0 aliphatic heterocycles. The molecule has 134 valence electrons. The fourth-order valence-corrected chi connectivity index (χ4v) is 2.36. The summed E-state index contributed by atoms with van der Waals surface area (Å²) in [6.07, 6.45) is 0.605. The van der Waals surface area contributed by atoms with E-state index < -0.39 is 6.04 Å². The van der Waals surface area contributed by atoms with Gasteiger partial charge >= 0.3 is 0 Å². The molecule has 25 heavy (non-hydrogen) atoms. The van der Waals surface area contributed by atoms with Crippen LogP contribution in [0.3, 0.4) is 0 Å². The van der Waals surface area contributed by atoms with Crippen LogP contribution < -0.4 is 16.4 Å². The number of nitrogens with two attached hydrogens (primary N) is 1. The van der Waals surface area contributed by atoms with Crippen LogP contribution in [0, 0.1) is 0 Å². The van der Waals surface area contributed by atoms with Crippen molar-refractivity contribution < 1.29 is 9.59 Å². The number of anilines is 1. The van der Waals surface area contributed by atoms with Gasteiger partial charge in [-0.25, -0.2) is 0 Å². The third-order valence-corrected chi connectivity index (χ3v) is 3.48. The molecule has 0 radical (unpaired) electrons. The van der Waals surface area contributed by atoms with E-state index in [1.54, 1.807) is 19.1 Å². The van der Waals surface area contributed by atoms with E-state index in [4.69, 9.17) is 5.73 Å². The minimum Gasteiger partial charge on any atom is -0.344 e. The van der Waals surface area contributed by atoms with Gasteiger partial charge in [0.2, 0.25) is 11.8 Å². The highest BCUT2D eigenvalue weighted by Crippen LogP contribution is 2.09. The van der Waals surface area contributed by atoms with Crippen LogP contribution in [-0.2, 0) is 16.0 Å². The molecule has 0 aliphatic rings. The van der Waals surface area contributed by atoms with Crippen molar-refractivity contribution in [3.8, 4) is 0 Å². The molecule has 0 aliphatic carbocycles. The molecule has 2 aromatic carbocycles. The second kappa shape index (κ2) is 10.5. The number of hydrogen-bond acceptors (Lipinski definition) is 3. The van der Waals surface area contributed by atoms with Crippen molar-refractivity contribution in [1.82, 2.24) is 5.32 Å². The molecule has 2 amide bonds. The average molecular weight is 362 g/mol. The summed E-state index contributed by atoms with van der Waals surface area (Å²) in [6.45, 7) is 1.76. The molecule has 2 atom stereocenters. The Bertz CT molecular complexity index is 663. The largest absolute Gasteiger partial charge is 0.344 e. The van der Waals surface area contributed by atoms with Gasteiger partial charge in [-0.1, -0.05) is 48.5 Å². The Kier molecular flexibility index (Phi) is 8.67. The van der Waals surface area contributed by atoms with Gasteiger partial charge in [0.05, 0.1) is 0 Å². The lowest BCUT2D eigenvalue weighted by atomic mass is 10.0. The Balaban J connectivity index is 0.00000312. The molecule has 2 aromatic rings. The summed E-state index contributed by atoms with van der Waals surface area (Å²) in [5, 5.41) is 5.62. The third kappa shape index (κ3) is 7.37. The summed E-state index contributed by atoms with van der Waals surface area (Å²) >= 11 is 0. The van der Waals surface area contributed by atoms with E-state index in [1.807, 2.05) is 48.5 Å². The fraction of sp³-hybridized carbons (Fsp3) is 0.263. The summed E-state index contributed by atoms with van der Waals surface area (Å²) in [5.41, 5.74) is 7.33. The quantitative estimate of drug-likeness (QED) is 0.708. The molecule has 0 bridgehead atoms. The summed E-state index contributed by atoms with van der Waals surface area (Å²) < 4.78 is 0. The van der Waals surface area contributed by atoms with E-state index in [0.29, 0.717) is 12.1 Å². The topological polar surface area (TPSA) is 84.2 Å². The number of hydrogen-bond donors (Lipinski definition) is 3. The first-order chi connectivity index (χ1) is 11.5. The lowest BCUT2D eigenvalue weighted by Gasteiger charge is -2.19. The van der Waals surface area contributed by atoms with Crippen molar-refractivity contribution in [3.05, 3.63) is 66.2 Å². The van der Waals surface area contributed by atoms with Gasteiger partial charge in [0.15, 0.2) is 0 Å². The number of carbonyl (C=O) groups is 2. The number of benzene rings is 2. The minimum absolute atomic E-state index is 0. The molecule has 0 fully saturated rings. The normalized spacial score (nSPS) is 12.4. The summed E-state index contributed by atoms with van der Waals surface area (Å²) in [6, 6.07) is 17.9. The molecule has 5 nitrogen and oxygen atoms in total. The lowest BCUT2D eigenvalue weighted by molar-refractivity contribution is -0.126. The zero-order valence-electron chi connectivity index (χ0n) is 14.1. The number of carbonyl (C=O) groups excluding carboxylic acids is 2. The Morgan fingerprint density at radius 1 is 1.00 bits per heavy atom. The first-order valence-electron chi connectivity index (χ1n) is 7.99. The van der Waals surface area contributed by atoms with Crippen molar-refractivity contribution in [2.24, 2.45) is 5.73 Å². The predicted octanol–water partition coefficient (Wildman–Crippen LogP) is 2.51. The van der Waals surface area contributed by atoms with E-state index in [1.165, 1.54) is 0 Å². The van der Waals surface area contributed by atoms with Crippen LogP contribution in [0.2, 0.25) is 0 Å². The smallest absolute Gasteiger partial charge is 0.247 e. The van der Waals surface area contributed by atoms with Crippen molar-refractivity contribution in [2.45, 2.75) is 31.8 Å². The highest BCUT2D eigenvalue weighted by atomic mass is 35.5. The maximum atomic E-state index is 12.6. The third-order valence-electron chi connectivity index (χ3n) is 3.48. The van der Waals surface area contributed by atoms with Crippen molar-refractivity contribution in [1.29, 1.82) is 0 Å². The first-order valence-corrected chi connectivity index (χ1v) is 7.99. The van der Waals surface area contributed by atoms with Gasteiger partial charge in [-0.3, -0.25) is 9.59 Å². The highest BCUT2D eigenvalue weighted by molar-refractivity contribution is 5.97. The molecule has 0 aromatic heterocycles. The molecule has 0 heterocycles. The zero-order chi connectivity index (χ0) is 17.4. The molecule has 2 unspecified atom stereocenters. The van der Waals surface area contributed by atoms with Crippen molar-refractivity contribution in [3.63, 3.8) is 0 Å². The number of nitrogens with one attached hydrogen (secondary N) is 2. The summed E-state index contributed by atoms with van der Waals surface area (Å²) in [4.78, 5) is 24.6. The van der Waals surface area contributed by atoms with Crippen LogP contribution in [0.5, 0.6) is 0 Å². The Labute approximate surface area is 154 Å². The van der Waals surface area contributed by atoms with Gasteiger partial charge in [0, 0.05) is 24.6 Å². The number of amides is 2. The van der Waals surface area contributed by atoms with Crippen LogP contribution in [0.4, 0.5) is 5.69 Å². The SMILES string of the molecule is CC(N)CC(=O)NC(Cc1ccccc1)C(=O)Nc1ccccc1.Cl. The van der Waals surface area contributed by atoms with Gasteiger partial charge in [-0.05, 0) is 24.6 Å². The maximum absolute atomic E-state index is 12.6. The van der Waals surface area contributed by atoms with Gasteiger partial charge < -0.3 is 16.4 Å². The van der Waals surface area contributed by atoms with E-state index in [0.717, 1.165) is 5.56 Å². The van der Waals surface area contributed by atoms with Crippen molar-refractivity contribution >= 4 is 29.9 Å². The number of rotatable bonds is 7. The predicted molar refractivity (Wildman–Crippen MR) is 103 cm³/mol. The molecule has 0 saturated carbocycles. The maximum Gasteiger partial charge on any atom is 0.247 e. The molecular weight excluding hydrogens is 338 g/mol. The second-order valence-electron chi connectivity index (χ2n) is 5.85. The first kappa shape index (κ1) is 20.7. The molecule has 2 rings (SSSR count). The Morgan fingerprint density at radius 2 is 1.56 bits per heavy atom. The van der Waals surface area contributed by atoms with E-state index in [2.05, 4.69) is 10.6 Å². The van der Waals surface area contributed by atoms with Crippen LogP contribution in [-0.4, -0.2) is 23.9 Å². The number of para-hydroxylation sites is 1. The van der Waals surface area contributed by atoms with Gasteiger partial charge in [-0.15, -0.1) is 12.4 Å². The summed E-state index contributed by atoms with van der Waals surface area (Å²) in [5.74, 6) is -0.475. The summed E-state index contributed by atoms with van der Waals surface area (Å²) in [7, 11) is 0. The lowest BCUT2D eigenvalue weighted by Crippen LogP contribution is -2.46. The van der Waals surface area contributed by atoms with E-state index >= 15 is 0 Å². The van der Waals surface area contributed by atoms with Crippen LogP contribution in [0.25, 0.3) is 0 Å². The van der Waals surface area contributed by atoms with E-state index in [-0.39, 0.29) is 36.7 Å². The van der Waals surface area contributed by atoms with Gasteiger partial charge in [0.25, 0.3) is 0 Å². The van der Waals surface area contributed by atoms with Crippen LogP contribution >= 0.6 is 12.4 Å². The molecular formula is C19H24ClN3O2. The molecule has 0 saturated heterocycles. The fourth-order valence-electron chi connectivity index (χ4n) is 2.36. The van der Waals surface area contributed by atoms with Crippen LogP contribution in [0.15, 0.2) is 60.7 Å². The Morgan fingerprint density at radius 3 is 2.12 bits per heavy atom.